The molecular weight excluding hydrogens is 264 g/mol. The van der Waals surface area contributed by atoms with E-state index in [1.165, 1.54) is 12.1 Å². The van der Waals surface area contributed by atoms with Gasteiger partial charge in [0, 0.05) is 12.6 Å². The van der Waals surface area contributed by atoms with Gasteiger partial charge in [0.05, 0.1) is 16.7 Å². The standard InChI is InChI=1S/C12H16N4O4/c1-2-7(5-13)14-8-3-9-11(4-10(8)16(18)19)20-6-12(17)15-9/h3-4,7,14H,2,5-6,13H2,1H3,(H,15,17). The molecule has 1 aromatic rings. The van der Waals surface area contributed by atoms with Crippen LogP contribution in [-0.2, 0) is 4.79 Å². The van der Waals surface area contributed by atoms with Crippen molar-refractivity contribution in [2.24, 2.45) is 5.73 Å². The van der Waals surface area contributed by atoms with Crippen LogP contribution in [0.25, 0.3) is 0 Å². The number of rotatable bonds is 5. The monoisotopic (exact) mass is 280 g/mol. The van der Waals surface area contributed by atoms with Crippen LogP contribution in [0.5, 0.6) is 5.75 Å². The van der Waals surface area contributed by atoms with Crippen LogP contribution in [0.2, 0.25) is 0 Å². The molecule has 1 aromatic carbocycles. The highest BCUT2D eigenvalue weighted by atomic mass is 16.6. The molecule has 1 heterocycles. The van der Waals surface area contributed by atoms with Crippen molar-refractivity contribution >= 4 is 23.0 Å². The van der Waals surface area contributed by atoms with Gasteiger partial charge in [0.2, 0.25) is 0 Å². The zero-order valence-corrected chi connectivity index (χ0v) is 11.0. The van der Waals surface area contributed by atoms with Gasteiger partial charge in [-0.1, -0.05) is 6.92 Å². The first kappa shape index (κ1) is 14.1. The molecular formula is C12H16N4O4. The lowest BCUT2D eigenvalue weighted by atomic mass is 10.1. The Labute approximate surface area is 115 Å². The molecule has 8 nitrogen and oxygen atoms in total. The number of fused-ring (bicyclic) bond motifs is 1. The van der Waals surface area contributed by atoms with Crippen molar-refractivity contribution in [1.82, 2.24) is 0 Å². The fourth-order valence-electron chi connectivity index (χ4n) is 1.93. The maximum absolute atomic E-state index is 11.3. The van der Waals surface area contributed by atoms with Gasteiger partial charge in [-0.25, -0.2) is 0 Å². The van der Waals surface area contributed by atoms with Crippen molar-refractivity contribution in [3.05, 3.63) is 22.2 Å². The Balaban J connectivity index is 2.40. The van der Waals surface area contributed by atoms with E-state index in [1.807, 2.05) is 6.92 Å². The number of hydrogen-bond donors (Lipinski definition) is 3. The number of nitro groups is 1. The summed E-state index contributed by atoms with van der Waals surface area (Å²) in [6.07, 6.45) is 0.730. The highest BCUT2D eigenvalue weighted by Gasteiger charge is 2.24. The van der Waals surface area contributed by atoms with Crippen molar-refractivity contribution in [3.63, 3.8) is 0 Å². The van der Waals surface area contributed by atoms with Crippen molar-refractivity contribution < 1.29 is 14.5 Å². The number of amides is 1. The third-order valence-electron chi connectivity index (χ3n) is 3.06. The van der Waals surface area contributed by atoms with Gasteiger partial charge in [-0.3, -0.25) is 14.9 Å². The number of nitro benzene ring substituents is 1. The lowest BCUT2D eigenvalue weighted by Gasteiger charge is -2.21. The Morgan fingerprint density at radius 3 is 2.95 bits per heavy atom. The number of carbonyl (C=O) groups excluding carboxylic acids is 1. The summed E-state index contributed by atoms with van der Waals surface area (Å²) in [7, 11) is 0. The average molecular weight is 280 g/mol. The summed E-state index contributed by atoms with van der Waals surface area (Å²) >= 11 is 0. The minimum Gasteiger partial charge on any atom is -0.481 e. The Bertz CT molecular complexity index is 543. The molecule has 0 spiro atoms. The second-order valence-electron chi connectivity index (χ2n) is 4.44. The number of nitrogens with two attached hydrogens (primary N) is 1. The van der Waals surface area contributed by atoms with Gasteiger partial charge in [0.25, 0.3) is 11.6 Å². The molecule has 20 heavy (non-hydrogen) atoms. The maximum Gasteiger partial charge on any atom is 0.296 e. The Kier molecular flexibility index (Phi) is 4.04. The highest BCUT2D eigenvalue weighted by molar-refractivity contribution is 5.96. The number of nitrogens with one attached hydrogen (secondary N) is 2. The smallest absolute Gasteiger partial charge is 0.296 e. The van der Waals surface area contributed by atoms with Crippen LogP contribution in [0, 0.1) is 10.1 Å². The Morgan fingerprint density at radius 2 is 2.35 bits per heavy atom. The third kappa shape index (κ3) is 2.80. The fraction of sp³-hybridized carbons (Fsp3) is 0.417. The molecule has 0 aliphatic carbocycles. The second-order valence-corrected chi connectivity index (χ2v) is 4.44. The first-order valence-corrected chi connectivity index (χ1v) is 6.26. The fourth-order valence-corrected chi connectivity index (χ4v) is 1.93. The summed E-state index contributed by atoms with van der Waals surface area (Å²) < 4.78 is 5.17. The summed E-state index contributed by atoms with van der Waals surface area (Å²) in [6.45, 7) is 2.14. The molecule has 1 aliphatic heterocycles. The van der Waals surface area contributed by atoms with Crippen LogP contribution >= 0.6 is 0 Å². The van der Waals surface area contributed by atoms with E-state index in [4.69, 9.17) is 10.5 Å². The molecule has 0 bridgehead atoms. The molecule has 1 atom stereocenters. The number of hydrogen-bond acceptors (Lipinski definition) is 6. The maximum atomic E-state index is 11.3. The topological polar surface area (TPSA) is 120 Å². The number of ether oxygens (including phenoxy) is 1. The normalized spacial score (nSPS) is 14.8. The van der Waals surface area contributed by atoms with Crippen molar-refractivity contribution in [2.45, 2.75) is 19.4 Å². The van der Waals surface area contributed by atoms with Gasteiger partial charge in [-0.2, -0.15) is 0 Å². The lowest BCUT2D eigenvalue weighted by molar-refractivity contribution is -0.384. The average Bonchev–Trinajstić information content (AvgIpc) is 2.43. The molecule has 1 amide bonds. The molecule has 8 heteroatoms. The van der Waals surface area contributed by atoms with E-state index in [-0.39, 0.29) is 24.2 Å². The molecule has 4 N–H and O–H groups in total. The summed E-state index contributed by atoms with van der Waals surface area (Å²) in [5.74, 6) is 0.00539. The molecule has 0 fully saturated rings. The minimum absolute atomic E-state index is 0.0769. The zero-order chi connectivity index (χ0) is 14.7. The quantitative estimate of drug-likeness (QED) is 0.548. The molecule has 0 saturated carbocycles. The van der Waals surface area contributed by atoms with Crippen LogP contribution < -0.4 is 21.1 Å². The van der Waals surface area contributed by atoms with Crippen LogP contribution in [0.3, 0.4) is 0 Å². The van der Waals surface area contributed by atoms with Gasteiger partial charge in [-0.15, -0.1) is 0 Å². The summed E-state index contributed by atoms with van der Waals surface area (Å²) in [5, 5.41) is 16.8. The molecule has 0 aromatic heterocycles. The van der Waals surface area contributed by atoms with Gasteiger partial charge in [0.15, 0.2) is 12.4 Å². The van der Waals surface area contributed by atoms with E-state index >= 15 is 0 Å². The van der Waals surface area contributed by atoms with Crippen LogP contribution in [0.1, 0.15) is 13.3 Å². The largest absolute Gasteiger partial charge is 0.481 e. The van der Waals surface area contributed by atoms with Crippen LogP contribution in [0.4, 0.5) is 17.1 Å². The SMILES string of the molecule is CCC(CN)Nc1cc2c(cc1[N+](=O)[O-])OCC(=O)N2. The molecule has 108 valence electrons. The van der Waals surface area contributed by atoms with E-state index in [2.05, 4.69) is 10.6 Å². The predicted molar refractivity (Wildman–Crippen MR) is 74.0 cm³/mol. The van der Waals surface area contributed by atoms with Gasteiger partial charge in [0.1, 0.15) is 5.69 Å². The van der Waals surface area contributed by atoms with Gasteiger partial charge < -0.3 is 21.1 Å². The second kappa shape index (κ2) is 5.74. The number of nitrogens with zero attached hydrogens (tertiary/aromatic N) is 1. The van der Waals surface area contributed by atoms with Crippen molar-refractivity contribution in [3.8, 4) is 5.75 Å². The first-order valence-electron chi connectivity index (χ1n) is 6.26. The minimum atomic E-state index is -0.494. The molecule has 1 unspecified atom stereocenters. The van der Waals surface area contributed by atoms with Crippen molar-refractivity contribution in [1.29, 1.82) is 0 Å². The summed E-state index contributed by atoms with van der Waals surface area (Å²) in [4.78, 5) is 21.9. The Morgan fingerprint density at radius 1 is 1.60 bits per heavy atom. The van der Waals surface area contributed by atoms with Crippen LogP contribution in [0.15, 0.2) is 12.1 Å². The van der Waals surface area contributed by atoms with E-state index in [9.17, 15) is 14.9 Å². The molecule has 0 saturated heterocycles. The summed E-state index contributed by atoms with van der Waals surface area (Å²) in [5.41, 5.74) is 6.22. The van der Waals surface area contributed by atoms with E-state index in [1.54, 1.807) is 0 Å². The summed E-state index contributed by atoms with van der Waals surface area (Å²) in [6, 6.07) is 2.73. The molecule has 2 rings (SSSR count). The Hall–Kier alpha value is -2.35. The molecule has 0 radical (unpaired) electrons. The van der Waals surface area contributed by atoms with Gasteiger partial charge >= 0.3 is 0 Å². The van der Waals surface area contributed by atoms with Gasteiger partial charge in [-0.05, 0) is 12.5 Å². The third-order valence-corrected chi connectivity index (χ3v) is 3.06. The van der Waals surface area contributed by atoms with E-state index < -0.39 is 4.92 Å². The van der Waals surface area contributed by atoms with Crippen molar-refractivity contribution in [2.75, 3.05) is 23.8 Å². The number of carbonyl (C=O) groups is 1. The number of anilines is 2. The predicted octanol–water partition coefficient (Wildman–Crippen LogP) is 1.07. The lowest BCUT2D eigenvalue weighted by Crippen LogP contribution is -2.29. The van der Waals surface area contributed by atoms with E-state index in [0.717, 1.165) is 6.42 Å². The first-order chi connectivity index (χ1) is 9.55. The highest BCUT2D eigenvalue weighted by Crippen LogP contribution is 2.38. The van der Waals surface area contributed by atoms with E-state index in [0.29, 0.717) is 23.7 Å². The zero-order valence-electron chi connectivity index (χ0n) is 11.0. The van der Waals surface area contributed by atoms with Crippen LogP contribution in [-0.4, -0.2) is 30.0 Å². The molecule has 1 aliphatic rings. The number of benzene rings is 1.